The van der Waals surface area contributed by atoms with E-state index in [9.17, 15) is 9.90 Å². The molecule has 0 spiro atoms. The first-order chi connectivity index (χ1) is 12.5. The third-order valence-electron chi connectivity index (χ3n) is 4.85. The molecule has 1 unspecified atom stereocenters. The second kappa shape index (κ2) is 9.07. The van der Waals surface area contributed by atoms with Gasteiger partial charge in [0.2, 0.25) is 0 Å². The molecule has 27 heavy (non-hydrogen) atoms. The van der Waals surface area contributed by atoms with E-state index in [-0.39, 0.29) is 30.2 Å². The number of phenols is 1. The van der Waals surface area contributed by atoms with Crippen molar-refractivity contribution in [1.29, 1.82) is 0 Å². The number of rotatable bonds is 6. The molecular formula is C22H26ClNO3. The summed E-state index contributed by atoms with van der Waals surface area (Å²) in [6.07, 6.45) is -0.315. The highest BCUT2D eigenvalue weighted by Crippen LogP contribution is 2.31. The van der Waals surface area contributed by atoms with Crippen molar-refractivity contribution in [2.75, 3.05) is 19.6 Å². The maximum Gasteiger partial charge on any atom is 0.303 e. The number of benzene rings is 3. The monoisotopic (exact) mass is 387 g/mol. The Morgan fingerprint density at radius 3 is 2.15 bits per heavy atom. The first-order valence-electron chi connectivity index (χ1n) is 9.06. The van der Waals surface area contributed by atoms with E-state index < -0.39 is 0 Å². The van der Waals surface area contributed by atoms with Crippen molar-refractivity contribution in [1.82, 2.24) is 4.90 Å². The van der Waals surface area contributed by atoms with Gasteiger partial charge in [0.05, 0.1) is 0 Å². The van der Waals surface area contributed by atoms with Crippen LogP contribution in [0.5, 0.6) is 5.75 Å². The summed E-state index contributed by atoms with van der Waals surface area (Å²) < 4.78 is 5.63. The molecule has 5 heteroatoms. The number of fused-ring (bicyclic) bond motifs is 3. The van der Waals surface area contributed by atoms with Crippen molar-refractivity contribution in [3.8, 4) is 5.75 Å². The summed E-state index contributed by atoms with van der Waals surface area (Å²) in [5.41, 5.74) is 0.968. The van der Waals surface area contributed by atoms with E-state index in [1.807, 2.05) is 18.2 Å². The second-order valence-corrected chi connectivity index (χ2v) is 6.54. The Bertz CT molecular complexity index is 937. The van der Waals surface area contributed by atoms with Gasteiger partial charge in [0.25, 0.3) is 0 Å². The molecule has 0 saturated heterocycles. The molecular weight excluding hydrogens is 362 g/mol. The molecule has 0 aliphatic heterocycles. The number of carbonyl (C=O) groups is 1. The average Bonchev–Trinajstić information content (AvgIpc) is 2.64. The highest BCUT2D eigenvalue weighted by atomic mass is 35.5. The van der Waals surface area contributed by atoms with Crippen LogP contribution in [-0.4, -0.2) is 35.6 Å². The molecule has 3 aromatic rings. The highest BCUT2D eigenvalue weighted by Gasteiger charge is 2.18. The summed E-state index contributed by atoms with van der Waals surface area (Å²) in [5.74, 6) is -0.0344. The quantitative estimate of drug-likeness (QED) is 0.474. The molecule has 0 bridgehead atoms. The van der Waals surface area contributed by atoms with E-state index in [1.54, 1.807) is 12.1 Å². The van der Waals surface area contributed by atoms with Gasteiger partial charge in [-0.2, -0.15) is 0 Å². The number of esters is 1. The fourth-order valence-corrected chi connectivity index (χ4v) is 3.38. The lowest BCUT2D eigenvalue weighted by Crippen LogP contribution is -2.30. The number of aromatic hydroxyl groups is 1. The SMILES string of the molecule is CCN(CC)CC(OC(C)=O)c1ccc2ccc3ccc(O)cc3c2c1.Cl. The third kappa shape index (κ3) is 4.71. The van der Waals surface area contributed by atoms with Crippen LogP contribution in [0.25, 0.3) is 21.5 Å². The summed E-state index contributed by atoms with van der Waals surface area (Å²) in [7, 11) is 0. The maximum absolute atomic E-state index is 11.6. The lowest BCUT2D eigenvalue weighted by molar-refractivity contribution is -0.147. The van der Waals surface area contributed by atoms with Crippen molar-refractivity contribution in [2.45, 2.75) is 26.9 Å². The molecule has 0 amide bonds. The van der Waals surface area contributed by atoms with E-state index in [0.29, 0.717) is 6.54 Å². The smallest absolute Gasteiger partial charge is 0.303 e. The number of phenolic OH excluding ortho intramolecular Hbond substituents is 1. The molecule has 0 radical (unpaired) electrons. The zero-order valence-electron chi connectivity index (χ0n) is 15.9. The van der Waals surface area contributed by atoms with Crippen molar-refractivity contribution in [2.24, 2.45) is 0 Å². The van der Waals surface area contributed by atoms with Crippen molar-refractivity contribution >= 4 is 39.9 Å². The fourth-order valence-electron chi connectivity index (χ4n) is 3.38. The van der Waals surface area contributed by atoms with Gasteiger partial charge in [0, 0.05) is 13.5 Å². The first-order valence-corrected chi connectivity index (χ1v) is 9.06. The van der Waals surface area contributed by atoms with Gasteiger partial charge < -0.3 is 9.84 Å². The molecule has 4 nitrogen and oxygen atoms in total. The normalized spacial score (nSPS) is 12.1. The van der Waals surface area contributed by atoms with Crippen molar-refractivity contribution in [3.05, 3.63) is 54.1 Å². The lowest BCUT2D eigenvalue weighted by Gasteiger charge is -2.25. The lowest BCUT2D eigenvalue weighted by atomic mass is 9.98. The number of likely N-dealkylation sites (N-methyl/N-ethyl adjacent to an activating group) is 1. The molecule has 3 aromatic carbocycles. The van der Waals surface area contributed by atoms with E-state index in [1.165, 1.54) is 6.92 Å². The molecule has 0 aliphatic rings. The van der Waals surface area contributed by atoms with Crippen LogP contribution < -0.4 is 0 Å². The second-order valence-electron chi connectivity index (χ2n) is 6.54. The molecule has 0 fully saturated rings. The minimum atomic E-state index is -0.315. The molecule has 3 rings (SSSR count). The van der Waals surface area contributed by atoms with Crippen LogP contribution >= 0.6 is 12.4 Å². The van der Waals surface area contributed by atoms with Gasteiger partial charge in [0.1, 0.15) is 11.9 Å². The number of carbonyl (C=O) groups excluding carboxylic acids is 1. The Morgan fingerprint density at radius 1 is 1.00 bits per heavy atom. The minimum absolute atomic E-state index is 0. The number of nitrogens with zero attached hydrogens (tertiary/aromatic N) is 1. The zero-order chi connectivity index (χ0) is 18.7. The first kappa shape index (κ1) is 21.0. The Labute approximate surface area is 166 Å². The van der Waals surface area contributed by atoms with Crippen LogP contribution in [-0.2, 0) is 9.53 Å². The zero-order valence-corrected chi connectivity index (χ0v) is 16.8. The van der Waals surface area contributed by atoms with E-state index >= 15 is 0 Å². The third-order valence-corrected chi connectivity index (χ3v) is 4.85. The summed E-state index contributed by atoms with van der Waals surface area (Å²) in [4.78, 5) is 13.9. The van der Waals surface area contributed by atoms with Gasteiger partial charge in [0.15, 0.2) is 0 Å². The molecule has 144 valence electrons. The van der Waals surface area contributed by atoms with Gasteiger partial charge in [-0.25, -0.2) is 0 Å². The average molecular weight is 388 g/mol. The molecule has 0 heterocycles. The molecule has 0 aromatic heterocycles. The van der Waals surface area contributed by atoms with Gasteiger partial charge in [-0.1, -0.05) is 44.2 Å². The van der Waals surface area contributed by atoms with Crippen LogP contribution in [0.2, 0.25) is 0 Å². The van der Waals surface area contributed by atoms with Crippen LogP contribution in [0.3, 0.4) is 0 Å². The number of halogens is 1. The van der Waals surface area contributed by atoms with E-state index in [0.717, 1.165) is 40.2 Å². The topological polar surface area (TPSA) is 49.8 Å². The van der Waals surface area contributed by atoms with Crippen LogP contribution in [0.4, 0.5) is 0 Å². The summed E-state index contributed by atoms with van der Waals surface area (Å²) in [6, 6.07) is 15.7. The Kier molecular flexibility index (Phi) is 7.05. The molecule has 0 aliphatic carbocycles. The summed E-state index contributed by atoms with van der Waals surface area (Å²) in [5, 5.41) is 14.1. The predicted octanol–water partition coefficient (Wildman–Crippen LogP) is 5.07. The van der Waals surface area contributed by atoms with Gasteiger partial charge in [-0.3, -0.25) is 9.69 Å². The largest absolute Gasteiger partial charge is 0.508 e. The molecule has 0 saturated carbocycles. The van der Waals surface area contributed by atoms with Gasteiger partial charge >= 0.3 is 5.97 Å². The fraction of sp³-hybridized carbons (Fsp3) is 0.318. The summed E-state index contributed by atoms with van der Waals surface area (Å²) >= 11 is 0. The summed E-state index contributed by atoms with van der Waals surface area (Å²) in [6.45, 7) is 8.12. The van der Waals surface area contributed by atoms with Crippen LogP contribution in [0.1, 0.15) is 32.4 Å². The predicted molar refractivity (Wildman–Crippen MR) is 113 cm³/mol. The molecule has 1 N–H and O–H groups in total. The van der Waals surface area contributed by atoms with Gasteiger partial charge in [-0.05, 0) is 58.4 Å². The molecule has 1 atom stereocenters. The number of hydrogen-bond donors (Lipinski definition) is 1. The Balaban J connectivity index is 0.00000261. The Morgan fingerprint density at radius 2 is 1.56 bits per heavy atom. The van der Waals surface area contributed by atoms with Gasteiger partial charge in [-0.15, -0.1) is 12.4 Å². The Hall–Kier alpha value is -2.30. The van der Waals surface area contributed by atoms with Crippen molar-refractivity contribution in [3.63, 3.8) is 0 Å². The number of hydrogen-bond acceptors (Lipinski definition) is 4. The van der Waals surface area contributed by atoms with Crippen LogP contribution in [0, 0.1) is 0 Å². The maximum atomic E-state index is 11.6. The van der Waals surface area contributed by atoms with E-state index in [4.69, 9.17) is 4.74 Å². The van der Waals surface area contributed by atoms with Crippen molar-refractivity contribution < 1.29 is 14.6 Å². The van der Waals surface area contributed by atoms with E-state index in [2.05, 4.69) is 36.9 Å². The standard InChI is InChI=1S/C22H25NO3.ClH/c1-4-23(5-2)14-22(26-15(3)24)18-9-8-16-6-7-17-10-11-19(25)13-21(17)20(16)12-18;/h6-13,22,25H,4-5,14H2,1-3H3;1H. The number of ether oxygens (including phenoxy) is 1. The highest BCUT2D eigenvalue weighted by molar-refractivity contribution is 6.08. The van der Waals surface area contributed by atoms with Crippen LogP contribution in [0.15, 0.2) is 48.5 Å². The minimum Gasteiger partial charge on any atom is -0.508 e.